The summed E-state index contributed by atoms with van der Waals surface area (Å²) in [4.78, 5) is 60.5. The highest BCUT2D eigenvalue weighted by Gasteiger charge is 2.54. The van der Waals surface area contributed by atoms with Gasteiger partial charge in [-0.2, -0.15) is 0 Å². The number of aliphatic carboxylic acids is 1. The van der Waals surface area contributed by atoms with Gasteiger partial charge in [0.1, 0.15) is 28.7 Å². The second kappa shape index (κ2) is 11.3. The number of carbonyl (C=O) groups is 4. The summed E-state index contributed by atoms with van der Waals surface area (Å²) >= 11 is 4.08. The van der Waals surface area contributed by atoms with Crippen molar-refractivity contribution in [2.75, 3.05) is 11.5 Å². The maximum Gasteiger partial charge on any atom is 0.352 e. The number of H-pyrrole nitrogens is 1. The van der Waals surface area contributed by atoms with Gasteiger partial charge >= 0.3 is 5.97 Å². The molecule has 15 heteroatoms. The summed E-state index contributed by atoms with van der Waals surface area (Å²) in [6, 6.07) is 13.7. The Hall–Kier alpha value is -4.21. The molecule has 0 spiro atoms. The van der Waals surface area contributed by atoms with Crippen molar-refractivity contribution in [1.82, 2.24) is 35.7 Å². The number of carboxylic acid groups (broad SMARTS) is 1. The fraction of sp³-hybridized carbons (Fsp3) is 0.192. The number of aromatic nitrogens is 4. The van der Waals surface area contributed by atoms with Crippen LogP contribution in [0.4, 0.5) is 0 Å². The number of rotatable bonds is 9. The third-order valence-corrected chi connectivity index (χ3v) is 9.82. The molecule has 41 heavy (non-hydrogen) atoms. The normalized spacial score (nSPS) is 18.9. The van der Waals surface area contributed by atoms with Crippen LogP contribution in [0.1, 0.15) is 22.2 Å². The molecule has 2 aromatic carbocycles. The van der Waals surface area contributed by atoms with Gasteiger partial charge in [0.15, 0.2) is 10.2 Å². The quantitative estimate of drug-likeness (QED) is 0.164. The van der Waals surface area contributed by atoms with Crippen LogP contribution in [-0.4, -0.2) is 76.8 Å². The predicted molar refractivity (Wildman–Crippen MR) is 153 cm³/mol. The Kier molecular flexibility index (Phi) is 7.47. The zero-order valence-electron chi connectivity index (χ0n) is 21.0. The van der Waals surface area contributed by atoms with E-state index in [4.69, 9.17) is 0 Å². The summed E-state index contributed by atoms with van der Waals surface area (Å²) in [6.07, 6.45) is 0. The summed E-state index contributed by atoms with van der Waals surface area (Å²) in [6.45, 7) is 0. The number of imidazole rings is 1. The zero-order valence-corrected chi connectivity index (χ0v) is 23.5. The number of fused-ring (bicyclic) bond motifs is 2. The van der Waals surface area contributed by atoms with Gasteiger partial charge in [-0.1, -0.05) is 65.6 Å². The van der Waals surface area contributed by atoms with Gasteiger partial charge in [-0.15, -0.1) is 22.0 Å². The lowest BCUT2D eigenvalue weighted by Gasteiger charge is -2.49. The van der Waals surface area contributed by atoms with E-state index in [9.17, 15) is 24.3 Å². The van der Waals surface area contributed by atoms with E-state index >= 15 is 0 Å². The summed E-state index contributed by atoms with van der Waals surface area (Å²) in [7, 11) is 0. The summed E-state index contributed by atoms with van der Waals surface area (Å²) < 4.78 is 0.700. The Balaban J connectivity index is 1.19. The smallest absolute Gasteiger partial charge is 0.352 e. The van der Waals surface area contributed by atoms with Crippen LogP contribution >= 0.6 is 34.9 Å². The van der Waals surface area contributed by atoms with Gasteiger partial charge in [-0.25, -0.2) is 9.78 Å². The highest BCUT2D eigenvalue weighted by Crippen LogP contribution is 2.41. The molecule has 2 aliphatic rings. The Labute approximate surface area is 245 Å². The molecule has 0 bridgehead atoms. The van der Waals surface area contributed by atoms with Gasteiger partial charge in [0.25, 0.3) is 11.8 Å². The van der Waals surface area contributed by atoms with E-state index in [1.54, 1.807) is 54.0 Å². The fourth-order valence-corrected chi connectivity index (χ4v) is 7.58. The van der Waals surface area contributed by atoms with Crippen molar-refractivity contribution in [3.8, 4) is 0 Å². The monoisotopic (exact) mass is 607 g/mol. The third kappa shape index (κ3) is 5.30. The van der Waals surface area contributed by atoms with E-state index in [1.165, 1.54) is 39.8 Å². The van der Waals surface area contributed by atoms with Crippen LogP contribution in [0, 0.1) is 0 Å². The van der Waals surface area contributed by atoms with Crippen molar-refractivity contribution in [1.29, 1.82) is 0 Å². The van der Waals surface area contributed by atoms with Crippen molar-refractivity contribution < 1.29 is 24.3 Å². The Morgan fingerprint density at radius 2 is 1.93 bits per heavy atom. The van der Waals surface area contributed by atoms with Crippen LogP contribution in [0.25, 0.3) is 11.0 Å². The number of para-hydroxylation sites is 2. The predicted octanol–water partition coefficient (Wildman–Crippen LogP) is 2.42. The molecular formula is C26H21N7O5S3. The summed E-state index contributed by atoms with van der Waals surface area (Å²) in [5.41, 5.74) is 3.91. The standard InChI is InChI=1S/C26H21N7O5S3/c34-21(17(13-6-2-1-3-7-13)30-22(35)20-28-15-8-4-5-9-16(15)29-20)31-18-23(36)33-19(25(37)38)14(10-39-24(18)33)11-40-26-32-27-12-41-26/h1-9,12,17-18,24H,10-11H2,(H,28,29)(H,30,35)(H,31,34)(H,37,38)/t17?,18?,24-/m0/s1. The molecule has 0 radical (unpaired) electrons. The molecule has 3 amide bonds. The number of β-lactam (4-membered cyclic amide) rings is 1. The van der Waals surface area contributed by atoms with Crippen LogP contribution in [0.15, 0.2) is 75.7 Å². The Morgan fingerprint density at radius 3 is 2.66 bits per heavy atom. The molecule has 4 aromatic rings. The van der Waals surface area contributed by atoms with Gasteiger partial charge in [0.05, 0.1) is 11.0 Å². The van der Waals surface area contributed by atoms with Crippen molar-refractivity contribution in [3.05, 3.63) is 82.8 Å². The number of hydrogen-bond donors (Lipinski definition) is 4. The molecule has 0 aliphatic carbocycles. The van der Waals surface area contributed by atoms with Crippen LogP contribution in [0.3, 0.4) is 0 Å². The lowest BCUT2D eigenvalue weighted by molar-refractivity contribution is -0.151. The maximum atomic E-state index is 13.5. The number of hydrogen-bond acceptors (Lipinski definition) is 10. The average Bonchev–Trinajstić information content (AvgIpc) is 3.67. The van der Waals surface area contributed by atoms with Crippen LogP contribution in [0.5, 0.6) is 0 Å². The molecule has 4 N–H and O–H groups in total. The fourth-order valence-electron chi connectivity index (χ4n) is 4.61. The molecule has 6 rings (SSSR count). The van der Waals surface area contributed by atoms with E-state index in [0.29, 0.717) is 38.0 Å². The van der Waals surface area contributed by atoms with Crippen molar-refractivity contribution in [2.24, 2.45) is 0 Å². The summed E-state index contributed by atoms with van der Waals surface area (Å²) in [5.74, 6) is -2.15. The molecule has 3 atom stereocenters. The molecular weight excluding hydrogens is 587 g/mol. The second-order valence-electron chi connectivity index (χ2n) is 9.07. The first kappa shape index (κ1) is 27.0. The van der Waals surface area contributed by atoms with E-state index in [0.717, 1.165) is 0 Å². The first-order valence-corrected chi connectivity index (χ1v) is 15.2. The molecule has 1 fully saturated rings. The minimum atomic E-state index is -1.21. The minimum absolute atomic E-state index is 0.0452. The van der Waals surface area contributed by atoms with Crippen LogP contribution in [0.2, 0.25) is 0 Å². The Morgan fingerprint density at radius 1 is 1.15 bits per heavy atom. The molecule has 12 nitrogen and oxygen atoms in total. The molecule has 2 aromatic heterocycles. The lowest BCUT2D eigenvalue weighted by Crippen LogP contribution is -2.71. The average molecular weight is 608 g/mol. The number of carboxylic acids is 1. The van der Waals surface area contributed by atoms with Gasteiger partial charge in [0, 0.05) is 11.5 Å². The number of nitrogens with one attached hydrogen (secondary N) is 3. The number of carbonyl (C=O) groups excluding carboxylic acids is 3. The third-order valence-electron chi connectivity index (χ3n) is 6.53. The molecule has 208 valence electrons. The zero-order chi connectivity index (χ0) is 28.5. The van der Waals surface area contributed by atoms with E-state index < -0.39 is 41.1 Å². The van der Waals surface area contributed by atoms with Gasteiger partial charge in [0.2, 0.25) is 5.91 Å². The lowest BCUT2D eigenvalue weighted by atomic mass is 10.0. The molecule has 0 saturated carbocycles. The SMILES string of the molecule is O=C(O)C1=C(CSc2nncs2)CS[C@H]2C(NC(=O)C(NC(=O)c3nc4ccccc4[nH]3)c3ccccc3)C(=O)N12. The molecule has 1 saturated heterocycles. The second-order valence-corrected chi connectivity index (χ2v) is 12.2. The van der Waals surface area contributed by atoms with Gasteiger partial charge < -0.3 is 20.7 Å². The minimum Gasteiger partial charge on any atom is -0.477 e. The first-order valence-electron chi connectivity index (χ1n) is 12.3. The highest BCUT2D eigenvalue weighted by atomic mass is 32.2. The van der Waals surface area contributed by atoms with Crippen molar-refractivity contribution in [3.63, 3.8) is 0 Å². The van der Waals surface area contributed by atoms with Crippen molar-refractivity contribution >= 4 is 69.6 Å². The van der Waals surface area contributed by atoms with Gasteiger partial charge in [-0.3, -0.25) is 19.3 Å². The topological polar surface area (TPSA) is 170 Å². The number of amides is 3. The molecule has 4 heterocycles. The number of aromatic amines is 1. The maximum absolute atomic E-state index is 13.5. The van der Waals surface area contributed by atoms with E-state index in [1.807, 2.05) is 6.07 Å². The highest BCUT2D eigenvalue weighted by molar-refractivity contribution is 8.01. The van der Waals surface area contributed by atoms with Crippen LogP contribution < -0.4 is 10.6 Å². The van der Waals surface area contributed by atoms with Crippen molar-refractivity contribution in [2.45, 2.75) is 21.8 Å². The molecule has 2 unspecified atom stereocenters. The Bertz CT molecular complexity index is 1640. The largest absolute Gasteiger partial charge is 0.477 e. The first-order chi connectivity index (χ1) is 19.9. The van der Waals surface area contributed by atoms with E-state index in [2.05, 4.69) is 30.8 Å². The van der Waals surface area contributed by atoms with Crippen LogP contribution in [-0.2, 0) is 14.4 Å². The summed E-state index contributed by atoms with van der Waals surface area (Å²) in [5, 5.41) is 22.6. The van der Waals surface area contributed by atoms with Gasteiger partial charge in [-0.05, 0) is 23.3 Å². The molecule has 2 aliphatic heterocycles. The number of nitrogens with zero attached hydrogens (tertiary/aromatic N) is 4. The van der Waals surface area contributed by atoms with E-state index in [-0.39, 0.29) is 11.5 Å². The number of thioether (sulfide) groups is 2. The number of benzene rings is 2.